The van der Waals surface area contributed by atoms with Crippen molar-refractivity contribution in [3.63, 3.8) is 0 Å². The fourth-order valence-electron chi connectivity index (χ4n) is 5.19. The summed E-state index contributed by atoms with van der Waals surface area (Å²) in [7, 11) is 3.31. The molecular formula is C18H28BNO4. The third kappa shape index (κ3) is 2.69. The highest BCUT2D eigenvalue weighted by Crippen LogP contribution is 2.62. The molecule has 1 aliphatic heterocycles. The van der Waals surface area contributed by atoms with Gasteiger partial charge in [0.25, 0.3) is 0 Å². The SMILES string of the molecule is C=C(C)B1OC(=O)C[N+]([CH2-])([C@@H]2C[C@@H]3CC([C@H]2C)C3(C)C)CC(=O)O1. The van der Waals surface area contributed by atoms with Crippen LogP contribution in [0.15, 0.2) is 12.1 Å². The van der Waals surface area contributed by atoms with Crippen LogP contribution in [0.2, 0.25) is 0 Å². The van der Waals surface area contributed by atoms with Gasteiger partial charge in [0.05, 0.1) is 6.04 Å². The number of nitrogens with zero attached hydrogens (tertiary/aromatic N) is 1. The van der Waals surface area contributed by atoms with E-state index in [-0.39, 0.29) is 35.6 Å². The molecule has 0 amide bonds. The van der Waals surface area contributed by atoms with Crippen molar-refractivity contribution >= 4 is 19.1 Å². The van der Waals surface area contributed by atoms with E-state index >= 15 is 0 Å². The molecule has 0 spiro atoms. The van der Waals surface area contributed by atoms with Crippen molar-refractivity contribution in [1.29, 1.82) is 0 Å². The summed E-state index contributed by atoms with van der Waals surface area (Å²) in [6.07, 6.45) is 2.25. The lowest BCUT2D eigenvalue weighted by Crippen LogP contribution is -2.68. The molecule has 0 aromatic heterocycles. The van der Waals surface area contributed by atoms with Gasteiger partial charge in [-0.2, -0.15) is 0 Å². The van der Waals surface area contributed by atoms with Crippen molar-refractivity contribution in [2.75, 3.05) is 13.1 Å². The highest BCUT2D eigenvalue weighted by atomic mass is 16.6. The van der Waals surface area contributed by atoms with E-state index in [4.69, 9.17) is 9.31 Å². The molecule has 3 saturated carbocycles. The van der Waals surface area contributed by atoms with Gasteiger partial charge in [0.15, 0.2) is 13.1 Å². The zero-order valence-electron chi connectivity index (χ0n) is 15.2. The van der Waals surface area contributed by atoms with Gasteiger partial charge in [-0.1, -0.05) is 20.8 Å². The van der Waals surface area contributed by atoms with Crippen LogP contribution in [0.3, 0.4) is 0 Å². The molecule has 4 rings (SSSR count). The van der Waals surface area contributed by atoms with Crippen molar-refractivity contribution in [1.82, 2.24) is 0 Å². The largest absolute Gasteiger partial charge is 0.631 e. The first kappa shape index (κ1) is 17.5. The van der Waals surface area contributed by atoms with Crippen LogP contribution in [-0.2, 0) is 18.9 Å². The number of quaternary nitrogens is 1. The lowest BCUT2D eigenvalue weighted by Gasteiger charge is -2.66. The normalized spacial score (nSPS) is 37.5. The third-order valence-corrected chi connectivity index (χ3v) is 6.78. The van der Waals surface area contributed by atoms with Gasteiger partial charge in [-0.25, -0.2) is 9.59 Å². The number of hydrogen-bond acceptors (Lipinski definition) is 4. The summed E-state index contributed by atoms with van der Waals surface area (Å²) < 4.78 is 10.7. The average molecular weight is 333 g/mol. The summed E-state index contributed by atoms with van der Waals surface area (Å²) in [4.78, 5) is 24.7. The Bertz CT molecular complexity index is 568. The Balaban J connectivity index is 1.81. The van der Waals surface area contributed by atoms with Crippen molar-refractivity contribution in [2.24, 2.45) is 23.2 Å². The first-order chi connectivity index (χ1) is 11.0. The lowest BCUT2D eigenvalue weighted by molar-refractivity contribution is -0.904. The molecule has 0 N–H and O–H groups in total. The summed E-state index contributed by atoms with van der Waals surface area (Å²) in [5.41, 5.74) is 0.860. The average Bonchev–Trinajstić information content (AvgIpc) is 2.43. The van der Waals surface area contributed by atoms with E-state index in [9.17, 15) is 9.59 Å². The second-order valence-corrected chi connectivity index (χ2v) is 8.72. The second kappa shape index (κ2) is 5.62. The first-order valence-corrected chi connectivity index (χ1v) is 8.80. The van der Waals surface area contributed by atoms with Crippen LogP contribution in [0.1, 0.15) is 40.5 Å². The van der Waals surface area contributed by atoms with Crippen LogP contribution in [0.25, 0.3) is 0 Å². The number of carbonyl (C=O) groups excluding carboxylic acids is 2. The lowest BCUT2D eigenvalue weighted by atomic mass is 9.44. The van der Waals surface area contributed by atoms with Gasteiger partial charge in [0.2, 0.25) is 0 Å². The molecule has 24 heavy (non-hydrogen) atoms. The minimum absolute atomic E-state index is 0.105. The zero-order chi connectivity index (χ0) is 17.9. The maximum absolute atomic E-state index is 12.3. The topological polar surface area (TPSA) is 52.6 Å². The number of hydrogen-bond donors (Lipinski definition) is 0. The van der Waals surface area contributed by atoms with Gasteiger partial charge in [0.1, 0.15) is 0 Å². The second-order valence-electron chi connectivity index (χ2n) is 8.72. The van der Waals surface area contributed by atoms with E-state index in [2.05, 4.69) is 34.4 Å². The van der Waals surface area contributed by atoms with Crippen molar-refractivity contribution in [3.8, 4) is 0 Å². The summed E-state index contributed by atoms with van der Waals surface area (Å²) >= 11 is 0. The maximum Gasteiger partial charge on any atom is 0.631 e. The molecule has 4 atom stereocenters. The minimum Gasteiger partial charge on any atom is -0.491 e. The van der Waals surface area contributed by atoms with Crippen LogP contribution in [0.4, 0.5) is 0 Å². The molecule has 0 aromatic rings. The molecular weight excluding hydrogens is 305 g/mol. The number of allylic oxidation sites excluding steroid dienone is 1. The molecule has 0 radical (unpaired) electrons. The van der Waals surface area contributed by atoms with Gasteiger partial charge < -0.3 is 13.8 Å². The standard InChI is InChI=1S/C18H28BNO4/c1-11(2)19-23-16(21)9-20(6,10-17(22)24-19)15-8-13-7-14(12(15)3)18(13,4)5/h12-15H,1,6-10H2,2-5H3/t12-,13+,14?,15-/m1/s1. The molecule has 0 aromatic carbocycles. The minimum atomic E-state index is -0.977. The van der Waals surface area contributed by atoms with Crippen LogP contribution >= 0.6 is 0 Å². The summed E-state index contributed by atoms with van der Waals surface area (Å²) in [5.74, 6) is 0.923. The van der Waals surface area contributed by atoms with E-state index in [0.29, 0.717) is 28.6 Å². The number of fused-ring (bicyclic) bond motifs is 2. The predicted octanol–water partition coefficient (Wildman–Crippen LogP) is 2.37. The van der Waals surface area contributed by atoms with E-state index < -0.39 is 7.12 Å². The van der Waals surface area contributed by atoms with Crippen LogP contribution in [0.5, 0.6) is 0 Å². The Labute approximate surface area is 145 Å². The molecule has 2 bridgehead atoms. The first-order valence-electron chi connectivity index (χ1n) is 8.80. The Morgan fingerprint density at radius 2 is 1.79 bits per heavy atom. The fraction of sp³-hybridized carbons (Fsp3) is 0.722. The summed E-state index contributed by atoms with van der Waals surface area (Å²) in [5, 5.41) is 0. The molecule has 3 aliphatic carbocycles. The van der Waals surface area contributed by atoms with Crippen molar-refractivity contribution in [3.05, 3.63) is 19.1 Å². The quantitative estimate of drug-likeness (QED) is 0.442. The Kier molecular flexibility index (Phi) is 4.10. The van der Waals surface area contributed by atoms with Gasteiger partial charge in [0, 0.05) is 12.3 Å². The molecule has 4 fully saturated rings. The van der Waals surface area contributed by atoms with Crippen molar-refractivity contribution < 1.29 is 23.4 Å². The Hall–Kier alpha value is -1.30. The Morgan fingerprint density at radius 3 is 2.21 bits per heavy atom. The van der Waals surface area contributed by atoms with Crippen molar-refractivity contribution in [2.45, 2.75) is 46.6 Å². The van der Waals surface area contributed by atoms with E-state index in [1.165, 1.54) is 6.42 Å². The maximum atomic E-state index is 12.3. The van der Waals surface area contributed by atoms with E-state index in [1.54, 1.807) is 6.92 Å². The molecule has 5 nitrogen and oxygen atoms in total. The number of rotatable bonds is 2. The molecule has 1 saturated heterocycles. The predicted molar refractivity (Wildman–Crippen MR) is 91.1 cm³/mol. The molecule has 6 heteroatoms. The summed E-state index contributed by atoms with van der Waals surface area (Å²) in [6, 6.07) is 0.184. The van der Waals surface area contributed by atoms with Gasteiger partial charge in [-0.15, -0.1) is 13.6 Å². The van der Waals surface area contributed by atoms with Crippen LogP contribution in [0, 0.1) is 30.2 Å². The smallest absolute Gasteiger partial charge is 0.491 e. The number of carbonyl (C=O) groups is 2. The van der Waals surface area contributed by atoms with Gasteiger partial charge in [-0.05, 0) is 36.1 Å². The monoisotopic (exact) mass is 333 g/mol. The molecule has 4 aliphatic rings. The van der Waals surface area contributed by atoms with Crippen LogP contribution < -0.4 is 0 Å². The molecule has 1 heterocycles. The molecule has 1 unspecified atom stereocenters. The Morgan fingerprint density at radius 1 is 1.25 bits per heavy atom. The van der Waals surface area contributed by atoms with Crippen LogP contribution in [-0.4, -0.2) is 42.7 Å². The third-order valence-electron chi connectivity index (χ3n) is 6.78. The highest BCUT2D eigenvalue weighted by Gasteiger charge is 2.59. The fourth-order valence-corrected chi connectivity index (χ4v) is 5.19. The highest BCUT2D eigenvalue weighted by molar-refractivity contribution is 6.57. The van der Waals surface area contributed by atoms with E-state index in [1.807, 2.05) is 0 Å². The van der Waals surface area contributed by atoms with Gasteiger partial charge >= 0.3 is 19.1 Å². The summed E-state index contributed by atoms with van der Waals surface area (Å²) in [6.45, 7) is 12.5. The van der Waals surface area contributed by atoms with E-state index in [0.717, 1.165) is 6.42 Å². The zero-order valence-corrected chi connectivity index (χ0v) is 15.2. The molecule has 132 valence electrons. The van der Waals surface area contributed by atoms with Gasteiger partial charge in [-0.3, -0.25) is 0 Å².